The number of rotatable bonds is 6. The topological polar surface area (TPSA) is 29.6 Å². The Balaban J connectivity index is 1.21. The van der Waals surface area contributed by atoms with E-state index in [4.69, 9.17) is 9.98 Å². The zero-order valence-electron chi connectivity index (χ0n) is 23.6. The van der Waals surface area contributed by atoms with Crippen LogP contribution in [0.4, 0.5) is 0 Å². The summed E-state index contributed by atoms with van der Waals surface area (Å²) in [6.07, 6.45) is 1.84. The molecule has 0 aliphatic carbocycles. The Hall–Kier alpha value is -5.80. The minimum Gasteiger partial charge on any atom is -0.309 e. The van der Waals surface area contributed by atoms with E-state index in [-0.39, 0.29) is 0 Å². The minimum atomic E-state index is 0.621. The third-order valence-electron chi connectivity index (χ3n) is 7.64. The first-order valence-electron chi connectivity index (χ1n) is 14.4. The predicted molar refractivity (Wildman–Crippen MR) is 182 cm³/mol. The normalized spacial score (nSPS) is 11.9. The lowest BCUT2D eigenvalue weighted by Gasteiger charge is -2.10. The summed E-state index contributed by atoms with van der Waals surface area (Å²) in [5.74, 6) is 0.621. The fourth-order valence-electron chi connectivity index (χ4n) is 5.50. The number of hydrogen-bond donors (Lipinski definition) is 0. The first-order chi connectivity index (χ1) is 21.2. The molecule has 7 rings (SSSR count). The van der Waals surface area contributed by atoms with E-state index in [1.54, 1.807) is 0 Å². The van der Waals surface area contributed by atoms with E-state index in [1.165, 1.54) is 21.8 Å². The highest BCUT2D eigenvalue weighted by Crippen LogP contribution is 2.33. The number of benzene rings is 6. The van der Waals surface area contributed by atoms with E-state index in [9.17, 15) is 0 Å². The molecule has 43 heavy (non-hydrogen) atoms. The predicted octanol–water partition coefficient (Wildman–Crippen LogP) is 9.99. The monoisotopic (exact) mass is 551 g/mol. The van der Waals surface area contributed by atoms with Gasteiger partial charge in [-0.1, -0.05) is 134 Å². The molecular weight excluding hydrogens is 522 g/mol. The van der Waals surface area contributed by atoms with Crippen LogP contribution in [-0.2, 0) is 0 Å². The molecule has 1 aromatic heterocycles. The number of hydrogen-bond acceptors (Lipinski definition) is 1. The molecule has 1 heterocycles. The smallest absolute Gasteiger partial charge is 0.159 e. The van der Waals surface area contributed by atoms with Crippen LogP contribution >= 0.6 is 0 Å². The van der Waals surface area contributed by atoms with Crippen LogP contribution < -0.4 is 0 Å². The van der Waals surface area contributed by atoms with Gasteiger partial charge >= 0.3 is 0 Å². The van der Waals surface area contributed by atoms with Gasteiger partial charge in [0.25, 0.3) is 0 Å². The summed E-state index contributed by atoms with van der Waals surface area (Å²) in [6, 6.07) is 54.4. The molecule has 0 aliphatic rings. The number of aliphatic imine (C=N–C) groups is 2. The standard InChI is InChI=1S/C40H29N3/c1-29(42-40(32-15-6-3-7-16-32)41-28-30-13-4-2-5-14-30)33-17-12-18-34(27-33)31-23-25-35(26-24-31)43-38-21-10-8-19-36(38)37-20-9-11-22-39(37)43/h2-28H,1H2. The fourth-order valence-corrected chi connectivity index (χ4v) is 5.50. The van der Waals surface area contributed by atoms with Crippen molar-refractivity contribution in [1.29, 1.82) is 0 Å². The average molecular weight is 552 g/mol. The van der Waals surface area contributed by atoms with Crippen molar-refractivity contribution in [3.05, 3.63) is 181 Å². The number of nitrogens with zero attached hydrogens (tertiary/aromatic N) is 3. The van der Waals surface area contributed by atoms with Gasteiger partial charge in [-0.3, -0.25) is 0 Å². The lowest BCUT2D eigenvalue weighted by Crippen LogP contribution is -1.99. The average Bonchev–Trinajstić information content (AvgIpc) is 3.42. The van der Waals surface area contributed by atoms with Crippen molar-refractivity contribution in [2.24, 2.45) is 9.98 Å². The highest BCUT2D eigenvalue weighted by atomic mass is 15.0. The van der Waals surface area contributed by atoms with Crippen molar-refractivity contribution in [3.8, 4) is 16.8 Å². The van der Waals surface area contributed by atoms with Crippen LogP contribution in [0.5, 0.6) is 0 Å². The van der Waals surface area contributed by atoms with Crippen molar-refractivity contribution in [1.82, 2.24) is 4.57 Å². The Morgan fingerprint density at radius 2 is 1.12 bits per heavy atom. The minimum absolute atomic E-state index is 0.621. The summed E-state index contributed by atoms with van der Waals surface area (Å²) < 4.78 is 2.34. The van der Waals surface area contributed by atoms with Crippen LogP contribution in [0.2, 0.25) is 0 Å². The molecule has 3 heteroatoms. The molecule has 3 nitrogen and oxygen atoms in total. The second kappa shape index (κ2) is 11.6. The fraction of sp³-hybridized carbons (Fsp3) is 0. The van der Waals surface area contributed by atoms with E-state index < -0.39 is 0 Å². The van der Waals surface area contributed by atoms with E-state index in [2.05, 4.69) is 102 Å². The summed E-state index contributed by atoms with van der Waals surface area (Å²) in [5.41, 5.74) is 9.35. The quantitative estimate of drug-likeness (QED) is 0.145. The van der Waals surface area contributed by atoms with Crippen molar-refractivity contribution >= 4 is 39.6 Å². The van der Waals surface area contributed by atoms with Gasteiger partial charge in [0.2, 0.25) is 0 Å². The Morgan fingerprint density at radius 1 is 0.535 bits per heavy atom. The molecule has 0 N–H and O–H groups in total. The lowest BCUT2D eigenvalue weighted by molar-refractivity contribution is 1.18. The van der Waals surface area contributed by atoms with Crippen LogP contribution in [0.15, 0.2) is 174 Å². The number of aromatic nitrogens is 1. The zero-order chi connectivity index (χ0) is 29.0. The van der Waals surface area contributed by atoms with Gasteiger partial charge in [0, 0.05) is 33.8 Å². The second-order valence-corrected chi connectivity index (χ2v) is 10.4. The van der Waals surface area contributed by atoms with Gasteiger partial charge in [-0.25, -0.2) is 9.98 Å². The molecular formula is C40H29N3. The summed E-state index contributed by atoms with van der Waals surface area (Å²) in [5, 5.41) is 2.52. The van der Waals surface area contributed by atoms with E-state index in [0.717, 1.165) is 33.5 Å². The molecule has 0 saturated heterocycles. The number of para-hydroxylation sites is 2. The highest BCUT2D eigenvalue weighted by Gasteiger charge is 2.12. The van der Waals surface area contributed by atoms with Gasteiger partial charge in [0.05, 0.1) is 16.7 Å². The van der Waals surface area contributed by atoms with Crippen LogP contribution in [-0.4, -0.2) is 16.6 Å². The van der Waals surface area contributed by atoms with Gasteiger partial charge < -0.3 is 4.57 Å². The molecule has 0 spiro atoms. The molecule has 0 radical (unpaired) electrons. The molecule has 204 valence electrons. The molecule has 0 saturated carbocycles. The summed E-state index contributed by atoms with van der Waals surface area (Å²) in [4.78, 5) is 9.64. The largest absolute Gasteiger partial charge is 0.309 e. The van der Waals surface area contributed by atoms with Crippen molar-refractivity contribution in [2.75, 3.05) is 0 Å². The second-order valence-electron chi connectivity index (χ2n) is 10.4. The van der Waals surface area contributed by atoms with Gasteiger partial charge in [-0.05, 0) is 47.0 Å². The molecule has 0 amide bonds. The number of fused-ring (bicyclic) bond motifs is 3. The Bertz CT molecular complexity index is 2060. The van der Waals surface area contributed by atoms with Gasteiger partial charge in [-0.15, -0.1) is 0 Å². The summed E-state index contributed by atoms with van der Waals surface area (Å²) in [6.45, 7) is 4.32. The maximum absolute atomic E-state index is 4.89. The molecule has 0 unspecified atom stereocenters. The SMILES string of the molecule is C=C(N=C(N=Cc1ccccc1)c1ccccc1)c1cccc(-c2ccc(-n3c4ccccc4c4ccccc43)cc2)c1. The molecule has 0 fully saturated rings. The van der Waals surface area contributed by atoms with E-state index in [0.29, 0.717) is 11.5 Å². The molecule has 6 aromatic carbocycles. The molecule has 0 atom stereocenters. The van der Waals surface area contributed by atoms with Crippen LogP contribution in [0.3, 0.4) is 0 Å². The first-order valence-corrected chi connectivity index (χ1v) is 14.4. The third-order valence-corrected chi connectivity index (χ3v) is 7.64. The molecule has 0 aliphatic heterocycles. The van der Waals surface area contributed by atoms with Crippen molar-refractivity contribution in [2.45, 2.75) is 0 Å². The van der Waals surface area contributed by atoms with Crippen molar-refractivity contribution in [3.63, 3.8) is 0 Å². The Morgan fingerprint density at radius 3 is 1.79 bits per heavy atom. The Labute approximate surface area is 251 Å². The third kappa shape index (κ3) is 5.32. The summed E-state index contributed by atoms with van der Waals surface area (Å²) >= 11 is 0. The van der Waals surface area contributed by atoms with Crippen molar-refractivity contribution < 1.29 is 0 Å². The van der Waals surface area contributed by atoms with Gasteiger partial charge in [0.1, 0.15) is 0 Å². The van der Waals surface area contributed by atoms with Gasteiger partial charge in [-0.2, -0.15) is 0 Å². The highest BCUT2D eigenvalue weighted by molar-refractivity contribution is 6.09. The molecule has 7 aromatic rings. The van der Waals surface area contributed by atoms with E-state index in [1.807, 2.05) is 72.9 Å². The maximum Gasteiger partial charge on any atom is 0.159 e. The van der Waals surface area contributed by atoms with Crippen LogP contribution in [0.25, 0.3) is 44.3 Å². The zero-order valence-corrected chi connectivity index (χ0v) is 23.6. The van der Waals surface area contributed by atoms with Crippen LogP contribution in [0, 0.1) is 0 Å². The molecule has 0 bridgehead atoms. The lowest BCUT2D eigenvalue weighted by atomic mass is 10.0. The van der Waals surface area contributed by atoms with Gasteiger partial charge in [0.15, 0.2) is 5.84 Å². The Kier molecular flexibility index (Phi) is 7.04. The van der Waals surface area contributed by atoms with E-state index >= 15 is 0 Å². The summed E-state index contributed by atoms with van der Waals surface area (Å²) in [7, 11) is 0. The van der Waals surface area contributed by atoms with Crippen LogP contribution in [0.1, 0.15) is 16.7 Å². The number of amidine groups is 1. The first kappa shape index (κ1) is 26.1. The maximum atomic E-state index is 4.89.